The molecule has 1 atom stereocenters. The summed E-state index contributed by atoms with van der Waals surface area (Å²) in [5.74, 6) is 0.788. The molecule has 5 nitrogen and oxygen atoms in total. The van der Waals surface area contributed by atoms with Gasteiger partial charge in [0.05, 0.1) is 13.2 Å². The molecular formula is C17H20N2O3S. The van der Waals surface area contributed by atoms with Crippen LogP contribution in [0.3, 0.4) is 0 Å². The van der Waals surface area contributed by atoms with Crippen molar-refractivity contribution in [2.75, 3.05) is 18.5 Å². The SMILES string of the molecule is Cc1ccc(NC(=O)NCc2ccsc2)cc1O[C@@H]1CCOC1. The van der Waals surface area contributed by atoms with Gasteiger partial charge in [-0.3, -0.25) is 0 Å². The Balaban J connectivity index is 1.57. The van der Waals surface area contributed by atoms with E-state index in [4.69, 9.17) is 9.47 Å². The van der Waals surface area contributed by atoms with Crippen LogP contribution in [0, 0.1) is 6.92 Å². The fraction of sp³-hybridized carbons (Fsp3) is 0.353. The van der Waals surface area contributed by atoms with Crippen LogP contribution in [0.5, 0.6) is 5.75 Å². The zero-order valence-electron chi connectivity index (χ0n) is 13.0. The minimum absolute atomic E-state index is 0.0939. The van der Waals surface area contributed by atoms with Crippen LogP contribution in [0.4, 0.5) is 10.5 Å². The molecule has 1 fully saturated rings. The number of anilines is 1. The molecule has 0 unspecified atom stereocenters. The van der Waals surface area contributed by atoms with Crippen molar-refractivity contribution in [3.05, 3.63) is 46.2 Å². The summed E-state index contributed by atoms with van der Waals surface area (Å²) in [6.07, 6.45) is 0.995. The highest BCUT2D eigenvalue weighted by Crippen LogP contribution is 2.25. The second-order valence-corrected chi connectivity index (χ2v) is 6.30. The molecule has 1 saturated heterocycles. The Bertz CT molecular complexity index is 652. The first kappa shape index (κ1) is 15.8. The van der Waals surface area contributed by atoms with Gasteiger partial charge in [0.1, 0.15) is 11.9 Å². The van der Waals surface area contributed by atoms with E-state index in [0.717, 1.165) is 29.9 Å². The number of hydrogen-bond acceptors (Lipinski definition) is 4. The largest absolute Gasteiger partial charge is 0.488 e. The first-order chi connectivity index (χ1) is 11.2. The summed E-state index contributed by atoms with van der Waals surface area (Å²) in [4.78, 5) is 12.0. The molecule has 0 bridgehead atoms. The number of rotatable bonds is 5. The van der Waals surface area contributed by atoms with Gasteiger partial charge in [0, 0.05) is 24.7 Å². The number of urea groups is 1. The summed E-state index contributed by atoms with van der Waals surface area (Å²) >= 11 is 1.62. The molecule has 1 aliphatic rings. The van der Waals surface area contributed by atoms with E-state index in [0.29, 0.717) is 18.8 Å². The van der Waals surface area contributed by atoms with Crippen molar-refractivity contribution in [3.8, 4) is 5.75 Å². The summed E-state index contributed by atoms with van der Waals surface area (Å²) < 4.78 is 11.3. The van der Waals surface area contributed by atoms with Gasteiger partial charge in [-0.15, -0.1) is 0 Å². The molecule has 0 aliphatic carbocycles. The van der Waals surface area contributed by atoms with E-state index in [9.17, 15) is 4.79 Å². The molecule has 1 aliphatic heterocycles. The standard InChI is InChI=1S/C17H20N2O3S/c1-12-2-3-14(8-16(12)22-15-4-6-21-10-15)19-17(20)18-9-13-5-7-23-11-13/h2-3,5,7-8,11,15H,4,6,9-10H2,1H3,(H2,18,19,20)/t15-/m1/s1. The van der Waals surface area contributed by atoms with Crippen LogP contribution in [-0.2, 0) is 11.3 Å². The molecule has 6 heteroatoms. The highest BCUT2D eigenvalue weighted by Gasteiger charge is 2.18. The highest BCUT2D eigenvalue weighted by atomic mass is 32.1. The second-order valence-electron chi connectivity index (χ2n) is 5.52. The number of nitrogens with one attached hydrogen (secondary N) is 2. The minimum atomic E-state index is -0.227. The van der Waals surface area contributed by atoms with Gasteiger partial charge in [-0.05, 0) is 40.9 Å². The van der Waals surface area contributed by atoms with Gasteiger partial charge in [0.25, 0.3) is 0 Å². The topological polar surface area (TPSA) is 59.6 Å². The van der Waals surface area contributed by atoms with Gasteiger partial charge in [-0.25, -0.2) is 4.79 Å². The Kier molecular flexibility index (Phi) is 5.15. The first-order valence-electron chi connectivity index (χ1n) is 7.62. The van der Waals surface area contributed by atoms with E-state index in [1.807, 2.05) is 41.9 Å². The van der Waals surface area contributed by atoms with Gasteiger partial charge < -0.3 is 20.1 Å². The summed E-state index contributed by atoms with van der Waals surface area (Å²) in [5.41, 5.74) is 2.85. The summed E-state index contributed by atoms with van der Waals surface area (Å²) in [6, 6.07) is 7.44. The van der Waals surface area contributed by atoms with Crippen molar-refractivity contribution in [2.24, 2.45) is 0 Å². The van der Waals surface area contributed by atoms with E-state index in [2.05, 4.69) is 10.6 Å². The average molecular weight is 332 g/mol. The number of carbonyl (C=O) groups excluding carboxylic acids is 1. The maximum absolute atomic E-state index is 12.0. The predicted molar refractivity (Wildman–Crippen MR) is 91.2 cm³/mol. The molecule has 2 N–H and O–H groups in total. The molecular weight excluding hydrogens is 312 g/mol. The molecule has 2 heterocycles. The van der Waals surface area contributed by atoms with E-state index in [1.54, 1.807) is 11.3 Å². The number of aryl methyl sites for hydroxylation is 1. The Morgan fingerprint density at radius 2 is 2.35 bits per heavy atom. The predicted octanol–water partition coefficient (Wildman–Crippen LogP) is 3.55. The van der Waals surface area contributed by atoms with E-state index >= 15 is 0 Å². The molecule has 3 rings (SSSR count). The van der Waals surface area contributed by atoms with Crippen molar-refractivity contribution in [1.29, 1.82) is 0 Å². The van der Waals surface area contributed by atoms with Crippen molar-refractivity contribution in [1.82, 2.24) is 5.32 Å². The van der Waals surface area contributed by atoms with Crippen LogP contribution in [0.2, 0.25) is 0 Å². The molecule has 0 radical (unpaired) electrons. The molecule has 0 spiro atoms. The van der Waals surface area contributed by atoms with Crippen molar-refractivity contribution < 1.29 is 14.3 Å². The Morgan fingerprint density at radius 3 is 3.09 bits per heavy atom. The first-order valence-corrected chi connectivity index (χ1v) is 8.56. The number of amides is 2. The van der Waals surface area contributed by atoms with E-state index in [1.165, 1.54) is 0 Å². The summed E-state index contributed by atoms with van der Waals surface area (Å²) in [6.45, 7) is 3.88. The lowest BCUT2D eigenvalue weighted by molar-refractivity contribution is 0.141. The zero-order chi connectivity index (χ0) is 16.1. The number of thiophene rings is 1. The normalized spacial score (nSPS) is 17.0. The monoisotopic (exact) mass is 332 g/mol. The van der Waals surface area contributed by atoms with Crippen LogP contribution in [-0.4, -0.2) is 25.3 Å². The van der Waals surface area contributed by atoms with Crippen LogP contribution in [0.1, 0.15) is 17.5 Å². The van der Waals surface area contributed by atoms with Gasteiger partial charge in [0.15, 0.2) is 0 Å². The van der Waals surface area contributed by atoms with E-state index < -0.39 is 0 Å². The summed E-state index contributed by atoms with van der Waals surface area (Å²) in [7, 11) is 0. The molecule has 2 amide bonds. The Hall–Kier alpha value is -2.05. The smallest absolute Gasteiger partial charge is 0.319 e. The summed E-state index contributed by atoms with van der Waals surface area (Å²) in [5, 5.41) is 9.68. The lowest BCUT2D eigenvalue weighted by Crippen LogP contribution is -2.28. The minimum Gasteiger partial charge on any atom is -0.488 e. The lowest BCUT2D eigenvalue weighted by atomic mass is 10.2. The Labute approximate surface area is 139 Å². The van der Waals surface area contributed by atoms with Crippen LogP contribution >= 0.6 is 11.3 Å². The van der Waals surface area contributed by atoms with Crippen molar-refractivity contribution in [3.63, 3.8) is 0 Å². The van der Waals surface area contributed by atoms with Crippen LogP contribution in [0.25, 0.3) is 0 Å². The molecule has 1 aromatic heterocycles. The fourth-order valence-corrected chi connectivity index (χ4v) is 3.01. The number of ether oxygens (including phenoxy) is 2. The molecule has 122 valence electrons. The van der Waals surface area contributed by atoms with Gasteiger partial charge in [0.2, 0.25) is 0 Å². The average Bonchev–Trinajstić information content (AvgIpc) is 3.22. The molecule has 0 saturated carbocycles. The maximum Gasteiger partial charge on any atom is 0.319 e. The van der Waals surface area contributed by atoms with Crippen molar-refractivity contribution in [2.45, 2.75) is 26.0 Å². The van der Waals surface area contributed by atoms with E-state index in [-0.39, 0.29) is 12.1 Å². The van der Waals surface area contributed by atoms with Gasteiger partial charge in [-0.2, -0.15) is 11.3 Å². The second kappa shape index (κ2) is 7.48. The molecule has 1 aromatic carbocycles. The zero-order valence-corrected chi connectivity index (χ0v) is 13.8. The molecule has 23 heavy (non-hydrogen) atoms. The molecule has 2 aromatic rings. The quantitative estimate of drug-likeness (QED) is 0.880. The van der Waals surface area contributed by atoms with Gasteiger partial charge >= 0.3 is 6.03 Å². The van der Waals surface area contributed by atoms with Crippen LogP contribution in [0.15, 0.2) is 35.0 Å². The number of hydrogen-bond donors (Lipinski definition) is 2. The third-order valence-electron chi connectivity index (χ3n) is 3.66. The van der Waals surface area contributed by atoms with Crippen LogP contribution < -0.4 is 15.4 Å². The third kappa shape index (κ3) is 4.46. The Morgan fingerprint density at radius 1 is 1.43 bits per heavy atom. The van der Waals surface area contributed by atoms with Crippen molar-refractivity contribution >= 4 is 23.1 Å². The third-order valence-corrected chi connectivity index (χ3v) is 4.39. The number of benzene rings is 1. The highest BCUT2D eigenvalue weighted by molar-refractivity contribution is 7.07. The number of carbonyl (C=O) groups is 1. The van der Waals surface area contributed by atoms with Gasteiger partial charge in [-0.1, -0.05) is 6.07 Å². The maximum atomic E-state index is 12.0. The lowest BCUT2D eigenvalue weighted by Gasteiger charge is -2.15. The fourth-order valence-electron chi connectivity index (χ4n) is 2.34.